The van der Waals surface area contributed by atoms with Gasteiger partial charge in [-0.3, -0.25) is 0 Å². The van der Waals surface area contributed by atoms with Crippen LogP contribution in [-0.4, -0.2) is 8.42 Å². The maximum absolute atomic E-state index is 12.4. The van der Waals surface area contributed by atoms with Crippen molar-refractivity contribution in [1.29, 1.82) is 5.26 Å². The van der Waals surface area contributed by atoms with Crippen LogP contribution < -0.4 is 4.72 Å². The molecule has 0 saturated carbocycles. The molecule has 2 rings (SSSR count). The maximum atomic E-state index is 12.4. The van der Waals surface area contributed by atoms with E-state index in [2.05, 4.69) is 4.72 Å². The van der Waals surface area contributed by atoms with Crippen LogP contribution in [0.5, 0.6) is 0 Å². The van der Waals surface area contributed by atoms with Crippen LogP contribution in [-0.2, 0) is 10.0 Å². The maximum Gasteiger partial charge on any atom is 0.241 e. The summed E-state index contributed by atoms with van der Waals surface area (Å²) in [6.45, 7) is 3.93. The van der Waals surface area contributed by atoms with Crippen LogP contribution in [0.4, 0.5) is 0 Å². The zero-order valence-electron chi connectivity index (χ0n) is 12.6. The third kappa shape index (κ3) is 3.73. The first-order valence-electron chi connectivity index (χ1n) is 7.05. The van der Waals surface area contributed by atoms with Gasteiger partial charge in [0, 0.05) is 6.04 Å². The summed E-state index contributed by atoms with van der Waals surface area (Å²) in [5.41, 5.74) is 2.50. The van der Waals surface area contributed by atoms with Crippen molar-refractivity contribution in [2.24, 2.45) is 0 Å². The van der Waals surface area contributed by atoms with Gasteiger partial charge in [-0.15, -0.1) is 0 Å². The van der Waals surface area contributed by atoms with E-state index >= 15 is 0 Å². The first-order chi connectivity index (χ1) is 10.5. The minimum atomic E-state index is -3.61. The van der Waals surface area contributed by atoms with Crippen molar-refractivity contribution in [3.63, 3.8) is 0 Å². The fourth-order valence-electron chi connectivity index (χ4n) is 2.15. The summed E-state index contributed by atoms with van der Waals surface area (Å²) in [6.07, 6.45) is 0.651. The van der Waals surface area contributed by atoms with Crippen LogP contribution in [0.3, 0.4) is 0 Å². The van der Waals surface area contributed by atoms with Gasteiger partial charge in [-0.2, -0.15) is 5.26 Å². The lowest BCUT2D eigenvalue weighted by atomic mass is 10.0. The summed E-state index contributed by atoms with van der Waals surface area (Å²) < 4.78 is 27.6. The highest BCUT2D eigenvalue weighted by molar-refractivity contribution is 7.89. The molecular weight excluding hydrogens is 296 g/mol. The van der Waals surface area contributed by atoms with Crippen LogP contribution in [0, 0.1) is 18.3 Å². The van der Waals surface area contributed by atoms with Crippen molar-refractivity contribution in [2.45, 2.75) is 31.2 Å². The summed E-state index contributed by atoms with van der Waals surface area (Å²) in [5, 5.41) is 8.77. The van der Waals surface area contributed by atoms with Gasteiger partial charge >= 0.3 is 0 Å². The van der Waals surface area contributed by atoms with Gasteiger partial charge in [0.25, 0.3) is 0 Å². The molecule has 0 fully saturated rings. The summed E-state index contributed by atoms with van der Waals surface area (Å²) in [7, 11) is -3.61. The number of sulfonamides is 1. The standard InChI is InChI=1S/C17H18N2O2S/c1-3-17(15-8-4-13(2)5-9-15)19-22(20,21)16-10-6-14(12-18)7-11-16/h4-11,17,19H,3H2,1-2H3/t17-/m1/s1. The number of rotatable bonds is 5. The summed E-state index contributed by atoms with van der Waals surface area (Å²) >= 11 is 0. The van der Waals surface area contributed by atoms with Gasteiger partial charge < -0.3 is 0 Å². The highest BCUT2D eigenvalue weighted by atomic mass is 32.2. The lowest BCUT2D eigenvalue weighted by Crippen LogP contribution is -2.28. The van der Waals surface area contributed by atoms with Crippen LogP contribution >= 0.6 is 0 Å². The van der Waals surface area contributed by atoms with E-state index < -0.39 is 10.0 Å². The number of hydrogen-bond donors (Lipinski definition) is 1. The Balaban J connectivity index is 2.25. The number of aryl methyl sites for hydroxylation is 1. The van der Waals surface area contributed by atoms with Crippen molar-refractivity contribution < 1.29 is 8.42 Å². The Morgan fingerprint density at radius 3 is 2.18 bits per heavy atom. The van der Waals surface area contributed by atoms with E-state index in [0.29, 0.717) is 12.0 Å². The minimum absolute atomic E-state index is 0.164. The predicted molar refractivity (Wildman–Crippen MR) is 85.7 cm³/mol. The second kappa shape index (κ2) is 6.73. The van der Waals surface area contributed by atoms with E-state index in [1.807, 2.05) is 44.2 Å². The van der Waals surface area contributed by atoms with Gasteiger partial charge in [-0.1, -0.05) is 36.8 Å². The highest BCUT2D eigenvalue weighted by Crippen LogP contribution is 2.21. The largest absolute Gasteiger partial charge is 0.241 e. The minimum Gasteiger partial charge on any atom is -0.207 e. The van der Waals surface area contributed by atoms with E-state index in [-0.39, 0.29) is 10.9 Å². The zero-order valence-corrected chi connectivity index (χ0v) is 13.4. The topological polar surface area (TPSA) is 70.0 Å². The van der Waals surface area contributed by atoms with Crippen molar-refractivity contribution >= 4 is 10.0 Å². The molecule has 4 nitrogen and oxygen atoms in total. The number of hydrogen-bond acceptors (Lipinski definition) is 3. The smallest absolute Gasteiger partial charge is 0.207 e. The van der Waals surface area contributed by atoms with Crippen LogP contribution in [0.15, 0.2) is 53.4 Å². The summed E-state index contributed by atoms with van der Waals surface area (Å²) in [5.74, 6) is 0. The fraction of sp³-hybridized carbons (Fsp3) is 0.235. The quantitative estimate of drug-likeness (QED) is 0.920. The first kappa shape index (κ1) is 16.2. The van der Waals surface area contributed by atoms with E-state index in [9.17, 15) is 8.42 Å². The molecule has 0 amide bonds. The molecule has 0 bridgehead atoms. The average Bonchev–Trinajstić information content (AvgIpc) is 2.53. The number of nitrogens with zero attached hydrogens (tertiary/aromatic N) is 1. The summed E-state index contributed by atoms with van der Waals surface area (Å²) in [6, 6.07) is 15.4. The molecule has 0 aliphatic rings. The molecule has 22 heavy (non-hydrogen) atoms. The molecule has 0 unspecified atom stereocenters. The van der Waals surface area contributed by atoms with Gasteiger partial charge in [0.1, 0.15) is 0 Å². The second-order valence-corrected chi connectivity index (χ2v) is 6.84. The van der Waals surface area contributed by atoms with E-state index in [4.69, 9.17) is 5.26 Å². The normalized spacial score (nSPS) is 12.6. The Hall–Kier alpha value is -2.16. The van der Waals surface area contributed by atoms with E-state index in [1.165, 1.54) is 24.3 Å². The average molecular weight is 314 g/mol. The Kier molecular flexibility index (Phi) is 4.96. The zero-order chi connectivity index (χ0) is 16.2. The summed E-state index contributed by atoms with van der Waals surface area (Å²) in [4.78, 5) is 0.164. The molecule has 0 heterocycles. The fourth-order valence-corrected chi connectivity index (χ4v) is 3.46. The van der Waals surface area contributed by atoms with Gasteiger partial charge in [-0.05, 0) is 43.2 Å². The SMILES string of the molecule is CC[C@@H](NS(=O)(=O)c1ccc(C#N)cc1)c1ccc(C)cc1. The van der Waals surface area contributed by atoms with Gasteiger partial charge in [0.15, 0.2) is 0 Å². The van der Waals surface area contributed by atoms with Crippen molar-refractivity contribution in [3.8, 4) is 6.07 Å². The lowest BCUT2D eigenvalue weighted by molar-refractivity contribution is 0.550. The molecule has 0 aromatic heterocycles. The van der Waals surface area contributed by atoms with Gasteiger partial charge in [-0.25, -0.2) is 13.1 Å². The third-order valence-electron chi connectivity index (χ3n) is 3.48. The Morgan fingerprint density at radius 2 is 1.68 bits per heavy atom. The second-order valence-electron chi connectivity index (χ2n) is 5.13. The predicted octanol–water partition coefficient (Wildman–Crippen LogP) is 3.30. The molecule has 5 heteroatoms. The van der Waals surface area contributed by atoms with E-state index in [0.717, 1.165) is 11.1 Å². The van der Waals surface area contributed by atoms with Crippen molar-refractivity contribution in [2.75, 3.05) is 0 Å². The van der Waals surface area contributed by atoms with Crippen molar-refractivity contribution in [3.05, 3.63) is 65.2 Å². The highest BCUT2D eigenvalue weighted by Gasteiger charge is 2.20. The molecule has 1 atom stereocenters. The molecule has 0 aliphatic heterocycles. The molecule has 0 saturated heterocycles. The molecule has 2 aromatic rings. The molecule has 2 aromatic carbocycles. The first-order valence-corrected chi connectivity index (χ1v) is 8.53. The van der Waals surface area contributed by atoms with Crippen LogP contribution in [0.2, 0.25) is 0 Å². The molecule has 1 N–H and O–H groups in total. The van der Waals surface area contributed by atoms with Crippen LogP contribution in [0.1, 0.15) is 36.1 Å². The lowest BCUT2D eigenvalue weighted by Gasteiger charge is -2.18. The van der Waals surface area contributed by atoms with Gasteiger partial charge in [0.05, 0.1) is 16.5 Å². The molecule has 0 aliphatic carbocycles. The molecule has 114 valence electrons. The Morgan fingerprint density at radius 1 is 1.09 bits per heavy atom. The van der Waals surface area contributed by atoms with Crippen LogP contribution in [0.25, 0.3) is 0 Å². The number of nitriles is 1. The third-order valence-corrected chi connectivity index (χ3v) is 4.97. The molecule has 0 radical (unpaired) electrons. The molecule has 0 spiro atoms. The number of nitrogens with one attached hydrogen (secondary N) is 1. The van der Waals surface area contributed by atoms with Crippen molar-refractivity contribution in [1.82, 2.24) is 4.72 Å². The van der Waals surface area contributed by atoms with Gasteiger partial charge in [0.2, 0.25) is 10.0 Å². The number of benzene rings is 2. The van der Waals surface area contributed by atoms with E-state index in [1.54, 1.807) is 0 Å². The Labute approximate surface area is 131 Å². The Bertz CT molecular complexity index is 773. The monoisotopic (exact) mass is 314 g/mol. The molecular formula is C17H18N2O2S.